The number of methoxy groups -OCH3 is 1. The molecule has 356 valence electrons. The number of aliphatic hydroxyl groups is 1. The number of amides is 1. The van der Waals surface area contributed by atoms with Gasteiger partial charge in [0.05, 0.1) is 38.3 Å². The molecule has 22 heteroatoms. The summed E-state index contributed by atoms with van der Waals surface area (Å²) in [5.41, 5.74) is 0.711. The normalized spacial score (nSPS) is 26.6. The number of benzene rings is 3. The Bertz CT molecular complexity index is 2140. The number of alkyl carbamates (subject to hydrolysis) is 1. The number of hydrogen-bond acceptors (Lipinski definition) is 18. The fraction of sp³-hybridized carbons (Fsp3) is 0.455. The van der Waals surface area contributed by atoms with E-state index >= 15 is 0 Å². The van der Waals surface area contributed by atoms with Crippen LogP contribution in [0.5, 0.6) is 0 Å². The number of aryl methyl sites for hydroxylation is 1. The Kier molecular flexibility index (Phi) is 18.3. The maximum atomic E-state index is 14.4. The van der Waals surface area contributed by atoms with Crippen molar-refractivity contribution in [2.45, 2.75) is 90.9 Å². The Morgan fingerprint density at radius 3 is 2.18 bits per heavy atom. The van der Waals surface area contributed by atoms with Crippen LogP contribution in [0.1, 0.15) is 27.9 Å². The molecule has 0 bridgehead atoms. The number of thioether (sulfide) groups is 1. The monoisotopic (exact) mass is 997 g/mol. The zero-order chi connectivity index (χ0) is 47.4. The number of nitrogens with one attached hydrogen (secondary N) is 1. The van der Waals surface area contributed by atoms with Gasteiger partial charge in [0.15, 0.2) is 18.3 Å². The van der Waals surface area contributed by atoms with Crippen LogP contribution in [-0.4, -0.2) is 145 Å². The van der Waals surface area contributed by atoms with Gasteiger partial charge in [0.1, 0.15) is 60.2 Å². The zero-order valence-corrected chi connectivity index (χ0v) is 38.4. The average molecular weight is 999 g/mol. The summed E-state index contributed by atoms with van der Waals surface area (Å²) in [6.45, 7) is 0.953. The van der Waals surface area contributed by atoms with E-state index in [-0.39, 0.29) is 18.8 Å². The number of ether oxygens (including phenoxy) is 10. The van der Waals surface area contributed by atoms with Gasteiger partial charge < -0.3 is 57.8 Å². The van der Waals surface area contributed by atoms with E-state index in [4.69, 9.17) is 82.2 Å². The lowest BCUT2D eigenvalue weighted by atomic mass is 9.88. The van der Waals surface area contributed by atoms with Gasteiger partial charge in [-0.3, -0.25) is 14.4 Å². The van der Waals surface area contributed by atoms with Crippen LogP contribution in [-0.2, 0) is 73.2 Å². The minimum absolute atomic E-state index is 0.109. The maximum Gasteiger partial charge on any atom is 0.407 e. The Labute approximate surface area is 397 Å². The molecule has 9 unspecified atom stereocenters. The lowest BCUT2D eigenvalue weighted by Crippen LogP contribution is -2.69. The number of alkyl halides is 3. The minimum atomic E-state index is -2.73. The van der Waals surface area contributed by atoms with Crippen LogP contribution in [0.4, 0.5) is 4.79 Å². The highest BCUT2D eigenvalue weighted by molar-refractivity contribution is 7.99. The van der Waals surface area contributed by atoms with Gasteiger partial charge in [0.2, 0.25) is 0 Å². The molecule has 3 aliphatic rings. The summed E-state index contributed by atoms with van der Waals surface area (Å²) in [6.07, 6.45) is -14.8. The molecule has 0 aliphatic carbocycles. The van der Waals surface area contributed by atoms with Crippen LogP contribution in [0.15, 0.2) is 89.8 Å². The first-order valence-corrected chi connectivity index (χ1v) is 22.8. The number of carbonyl (C=O) groups is 6. The molecule has 1 amide bonds. The molecule has 3 saturated heterocycles. The summed E-state index contributed by atoms with van der Waals surface area (Å²) in [7, 11) is 1.00. The molecule has 66 heavy (non-hydrogen) atoms. The molecule has 2 N–H and O–H groups in total. The smallest absolute Gasteiger partial charge is 0.407 e. The van der Waals surface area contributed by atoms with Crippen LogP contribution in [0.25, 0.3) is 0 Å². The van der Waals surface area contributed by atoms with Crippen LogP contribution in [0.3, 0.4) is 0 Å². The van der Waals surface area contributed by atoms with E-state index in [1.54, 1.807) is 18.2 Å². The molecular weight excluding hydrogens is 953 g/mol. The maximum absolute atomic E-state index is 14.4. The molecule has 11 atom stereocenters. The van der Waals surface area contributed by atoms with Gasteiger partial charge in [0.25, 0.3) is 5.79 Å². The molecule has 0 saturated carbocycles. The summed E-state index contributed by atoms with van der Waals surface area (Å²) < 4.78 is 59.1. The number of halogens is 3. The van der Waals surface area contributed by atoms with Crippen LogP contribution >= 0.6 is 46.6 Å². The molecule has 3 fully saturated rings. The fourth-order valence-electron chi connectivity index (χ4n) is 7.36. The second kappa shape index (κ2) is 23.8. The summed E-state index contributed by atoms with van der Waals surface area (Å²) in [4.78, 5) is 80.0. The first kappa shape index (κ1) is 50.7. The van der Waals surface area contributed by atoms with Crippen LogP contribution in [0.2, 0.25) is 0 Å². The summed E-state index contributed by atoms with van der Waals surface area (Å²) in [6, 6.07) is 23.2. The van der Waals surface area contributed by atoms with Gasteiger partial charge in [0, 0.05) is 4.90 Å². The number of fused-ring (bicyclic) bond motifs is 1. The van der Waals surface area contributed by atoms with Crippen molar-refractivity contribution in [3.63, 3.8) is 0 Å². The van der Waals surface area contributed by atoms with Crippen molar-refractivity contribution >= 4 is 82.5 Å². The van der Waals surface area contributed by atoms with Crippen molar-refractivity contribution < 1.29 is 81.2 Å². The third-order valence-electron chi connectivity index (χ3n) is 10.4. The first-order valence-electron chi connectivity index (χ1n) is 20.4. The quantitative estimate of drug-likeness (QED) is 0.0918. The molecule has 0 spiro atoms. The van der Waals surface area contributed by atoms with Crippen molar-refractivity contribution in [1.29, 1.82) is 0 Å². The van der Waals surface area contributed by atoms with E-state index in [1.165, 1.54) is 12.1 Å². The van der Waals surface area contributed by atoms with Crippen LogP contribution < -0.4 is 5.32 Å². The second-order valence-corrected chi connectivity index (χ2v) is 17.0. The van der Waals surface area contributed by atoms with E-state index in [0.29, 0.717) is 4.90 Å². The van der Waals surface area contributed by atoms with Crippen molar-refractivity contribution in [2.24, 2.45) is 0 Å². The zero-order valence-electron chi connectivity index (χ0n) is 35.3. The summed E-state index contributed by atoms with van der Waals surface area (Å²) in [5, 5.41) is 14.9. The average Bonchev–Trinajstić information content (AvgIpc) is 3.71. The van der Waals surface area contributed by atoms with Crippen molar-refractivity contribution in [1.82, 2.24) is 5.32 Å². The Balaban J connectivity index is 1.45. The predicted molar refractivity (Wildman–Crippen MR) is 233 cm³/mol. The highest BCUT2D eigenvalue weighted by atomic mass is 35.5. The van der Waals surface area contributed by atoms with Gasteiger partial charge >= 0.3 is 35.9 Å². The summed E-state index contributed by atoms with van der Waals surface area (Å²) >= 11 is 18.4. The molecular formula is C44H46Cl3NO17S. The third kappa shape index (κ3) is 12.8. The molecule has 0 aromatic heterocycles. The number of carbonyl (C=O) groups excluding carboxylic acids is 6. The van der Waals surface area contributed by atoms with Gasteiger partial charge in [-0.15, -0.1) is 34.8 Å². The van der Waals surface area contributed by atoms with E-state index in [1.807, 2.05) is 61.5 Å². The fourth-order valence-corrected chi connectivity index (χ4v) is 8.67. The van der Waals surface area contributed by atoms with Crippen molar-refractivity contribution in [2.75, 3.05) is 38.0 Å². The van der Waals surface area contributed by atoms with Gasteiger partial charge in [-0.25, -0.2) is 14.4 Å². The van der Waals surface area contributed by atoms with Gasteiger partial charge in [-0.2, -0.15) is 0 Å². The molecule has 3 aromatic rings. The molecule has 3 aromatic carbocycles. The first-order chi connectivity index (χ1) is 31.8. The largest absolute Gasteiger partial charge is 0.465 e. The van der Waals surface area contributed by atoms with Crippen LogP contribution in [0, 0.1) is 6.92 Å². The number of hydrogen-bond donors (Lipinski definition) is 2. The molecule has 0 radical (unpaired) electrons. The lowest BCUT2D eigenvalue weighted by Gasteiger charge is -2.50. The minimum Gasteiger partial charge on any atom is -0.465 e. The molecule has 3 heterocycles. The SMILES string of the molecule is COC(=O)C1(OC2C(O)C(COCc3ccccc3)OC(Sc3ccc(C)cc3)C2OC(=O)c2ccccc2)CC2OC(=O)NC2C([C@H](OC(=O)CCl)[C@@H](COC(=O)CCl)OC(=O)CCl)O1. The predicted octanol–water partition coefficient (Wildman–Crippen LogP) is 4.22. The topological polar surface area (TPSA) is 227 Å². The van der Waals surface area contributed by atoms with E-state index in [2.05, 4.69) is 5.32 Å². The molecule has 3 aliphatic heterocycles. The highest BCUT2D eigenvalue weighted by Gasteiger charge is 2.64. The van der Waals surface area contributed by atoms with Gasteiger partial charge in [-0.1, -0.05) is 78.0 Å². The number of aliphatic hydroxyl groups excluding tert-OH is 1. The number of rotatable bonds is 20. The Hall–Kier alpha value is -4.70. The van der Waals surface area contributed by atoms with E-state index < -0.39 is 133 Å². The highest BCUT2D eigenvalue weighted by Crippen LogP contribution is 2.43. The second-order valence-electron chi connectivity index (χ2n) is 15.0. The lowest BCUT2D eigenvalue weighted by molar-refractivity contribution is -0.346. The number of esters is 5. The molecule has 6 rings (SSSR count). The standard InChI is InChI=1S/C44H46Cl3NO17S/c1-24-13-15-27(16-14-24)66-41-39(63-40(53)26-11-7-4-8-12-26)38(35(52)29(60-41)22-57-21-25-9-5-3-6-10-25)65-44(42(54)56-2)17-28-34(48-43(55)61-28)37(64-44)36(62-33(51)20-47)30(59-32(50)19-46)23-58-31(49)18-45/h3-16,28-30,34-39,41,52H,17-23H2,1-2H3,(H,48,55)/t28?,29?,30-,34?,35?,36-,37?,38?,39?,41?,44?/m1/s1. The Morgan fingerprint density at radius 1 is 0.879 bits per heavy atom. The third-order valence-corrected chi connectivity index (χ3v) is 12.2. The van der Waals surface area contributed by atoms with E-state index in [9.17, 15) is 33.9 Å². The van der Waals surface area contributed by atoms with Gasteiger partial charge in [-0.05, 0) is 36.8 Å². The van der Waals surface area contributed by atoms with Crippen molar-refractivity contribution in [3.05, 3.63) is 102 Å². The molecule has 18 nitrogen and oxygen atoms in total. The van der Waals surface area contributed by atoms with E-state index in [0.717, 1.165) is 30.0 Å². The Morgan fingerprint density at radius 2 is 1.53 bits per heavy atom. The van der Waals surface area contributed by atoms with Crippen molar-refractivity contribution in [3.8, 4) is 0 Å². The summed E-state index contributed by atoms with van der Waals surface area (Å²) in [5.74, 6) is -10.1.